The third-order valence-electron chi connectivity index (χ3n) is 5.64. The van der Waals surface area contributed by atoms with E-state index < -0.39 is 6.04 Å². The zero-order valence-corrected chi connectivity index (χ0v) is 22.1. The van der Waals surface area contributed by atoms with Crippen LogP contribution in [-0.2, 0) is 22.6 Å². The van der Waals surface area contributed by atoms with Gasteiger partial charge in [-0.05, 0) is 47.7 Å². The molecule has 0 aromatic heterocycles. The summed E-state index contributed by atoms with van der Waals surface area (Å²) in [6.07, 6.45) is 0.417. The number of nitrogens with zero attached hydrogens (tertiary/aromatic N) is 1. The van der Waals surface area contributed by atoms with Crippen molar-refractivity contribution in [1.29, 1.82) is 0 Å². The SMILES string of the molecule is Cc1cc(OCC(=O)N(Cc2ccccc2)C(Cc2ccccc2)C(=O)NCC(C)C)ccc1Br. The highest BCUT2D eigenvalue weighted by molar-refractivity contribution is 9.10. The van der Waals surface area contributed by atoms with Crippen LogP contribution in [0.3, 0.4) is 0 Å². The van der Waals surface area contributed by atoms with Gasteiger partial charge in [-0.25, -0.2) is 0 Å². The number of aryl methyl sites for hydroxylation is 1. The first kappa shape index (κ1) is 26.5. The van der Waals surface area contributed by atoms with Crippen LogP contribution in [0.1, 0.15) is 30.5 Å². The summed E-state index contributed by atoms with van der Waals surface area (Å²) < 4.78 is 6.84. The van der Waals surface area contributed by atoms with Crippen LogP contribution < -0.4 is 10.1 Å². The topological polar surface area (TPSA) is 58.6 Å². The van der Waals surface area contributed by atoms with Crippen LogP contribution in [0.4, 0.5) is 0 Å². The Morgan fingerprint density at radius 1 is 0.943 bits per heavy atom. The van der Waals surface area contributed by atoms with Crippen molar-refractivity contribution in [3.63, 3.8) is 0 Å². The number of ether oxygens (including phenoxy) is 1. The average molecular weight is 537 g/mol. The number of halogens is 1. The minimum absolute atomic E-state index is 0.156. The monoisotopic (exact) mass is 536 g/mol. The van der Waals surface area contributed by atoms with E-state index >= 15 is 0 Å². The third kappa shape index (κ3) is 8.25. The van der Waals surface area contributed by atoms with Gasteiger partial charge >= 0.3 is 0 Å². The molecule has 184 valence electrons. The molecule has 3 aromatic carbocycles. The van der Waals surface area contributed by atoms with Gasteiger partial charge in [0.2, 0.25) is 5.91 Å². The molecule has 1 N–H and O–H groups in total. The molecule has 0 aliphatic carbocycles. The highest BCUT2D eigenvalue weighted by Crippen LogP contribution is 2.22. The van der Waals surface area contributed by atoms with E-state index in [2.05, 4.69) is 21.2 Å². The van der Waals surface area contributed by atoms with Crippen molar-refractivity contribution in [3.8, 4) is 5.75 Å². The Bertz CT molecular complexity index is 1100. The molecule has 0 fully saturated rings. The molecule has 3 rings (SSSR count). The normalized spacial score (nSPS) is 11.7. The van der Waals surface area contributed by atoms with Gasteiger partial charge in [-0.3, -0.25) is 9.59 Å². The van der Waals surface area contributed by atoms with Crippen LogP contribution in [-0.4, -0.2) is 35.9 Å². The van der Waals surface area contributed by atoms with Gasteiger partial charge in [0.1, 0.15) is 11.8 Å². The molecule has 1 unspecified atom stereocenters. The van der Waals surface area contributed by atoms with E-state index in [1.807, 2.05) is 99.6 Å². The summed E-state index contributed by atoms with van der Waals surface area (Å²) in [7, 11) is 0. The summed E-state index contributed by atoms with van der Waals surface area (Å²) in [5, 5.41) is 3.03. The van der Waals surface area contributed by atoms with Crippen molar-refractivity contribution in [3.05, 3.63) is 100 Å². The summed E-state index contributed by atoms with van der Waals surface area (Å²) in [5.74, 6) is 0.516. The number of nitrogens with one attached hydrogen (secondary N) is 1. The number of carbonyl (C=O) groups excluding carboxylic acids is 2. The second-order valence-corrected chi connectivity index (χ2v) is 9.91. The van der Waals surface area contributed by atoms with Crippen molar-refractivity contribution >= 4 is 27.7 Å². The second kappa shape index (κ2) is 13.1. The molecule has 2 amide bonds. The molecule has 0 heterocycles. The highest BCUT2D eigenvalue weighted by Gasteiger charge is 2.30. The Hall–Kier alpha value is -3.12. The van der Waals surface area contributed by atoms with Crippen molar-refractivity contribution in [1.82, 2.24) is 10.2 Å². The summed E-state index contributed by atoms with van der Waals surface area (Å²) in [6.45, 7) is 6.77. The van der Waals surface area contributed by atoms with Crippen molar-refractivity contribution in [2.45, 2.75) is 39.8 Å². The molecule has 6 heteroatoms. The quantitative estimate of drug-likeness (QED) is 0.349. The lowest BCUT2D eigenvalue weighted by Gasteiger charge is -2.31. The molecular weight excluding hydrogens is 504 g/mol. The van der Waals surface area contributed by atoms with Gasteiger partial charge in [0.05, 0.1) is 0 Å². The lowest BCUT2D eigenvalue weighted by Crippen LogP contribution is -2.52. The lowest BCUT2D eigenvalue weighted by molar-refractivity contribution is -0.142. The Labute approximate surface area is 216 Å². The van der Waals surface area contributed by atoms with Crippen molar-refractivity contribution in [2.75, 3.05) is 13.2 Å². The largest absolute Gasteiger partial charge is 0.484 e. The van der Waals surface area contributed by atoms with Gasteiger partial charge in [0, 0.05) is 24.0 Å². The summed E-state index contributed by atoms with van der Waals surface area (Å²) in [6, 6.07) is 24.5. The molecule has 0 spiro atoms. The molecule has 0 saturated heterocycles. The van der Waals surface area contributed by atoms with Gasteiger partial charge < -0.3 is 15.0 Å². The fourth-order valence-corrected chi connectivity index (χ4v) is 3.94. The lowest BCUT2D eigenvalue weighted by atomic mass is 10.0. The number of benzene rings is 3. The molecule has 0 bridgehead atoms. The molecule has 0 aliphatic heterocycles. The average Bonchev–Trinajstić information content (AvgIpc) is 2.86. The molecule has 35 heavy (non-hydrogen) atoms. The van der Waals surface area contributed by atoms with Crippen molar-refractivity contribution < 1.29 is 14.3 Å². The number of amides is 2. The molecule has 0 radical (unpaired) electrons. The van der Waals surface area contributed by atoms with E-state index in [0.29, 0.717) is 31.2 Å². The van der Waals surface area contributed by atoms with Crippen molar-refractivity contribution in [2.24, 2.45) is 5.92 Å². The molecule has 5 nitrogen and oxygen atoms in total. The first-order chi connectivity index (χ1) is 16.8. The zero-order chi connectivity index (χ0) is 25.2. The minimum Gasteiger partial charge on any atom is -0.484 e. The van der Waals surface area contributed by atoms with Crippen LogP contribution in [0.15, 0.2) is 83.3 Å². The van der Waals surface area contributed by atoms with E-state index in [0.717, 1.165) is 21.2 Å². The number of hydrogen-bond donors (Lipinski definition) is 1. The zero-order valence-electron chi connectivity index (χ0n) is 20.5. The van der Waals surface area contributed by atoms with E-state index in [1.54, 1.807) is 4.90 Å². The Morgan fingerprint density at radius 3 is 2.17 bits per heavy atom. The fraction of sp³-hybridized carbons (Fsp3) is 0.310. The summed E-state index contributed by atoms with van der Waals surface area (Å²) in [4.78, 5) is 28.6. The van der Waals surface area contributed by atoms with Gasteiger partial charge in [-0.15, -0.1) is 0 Å². The number of rotatable bonds is 11. The molecular formula is C29H33BrN2O3. The standard InChI is InChI=1S/C29H33BrN2O3/c1-21(2)18-31-29(34)27(17-23-10-6-4-7-11-23)32(19-24-12-8-5-9-13-24)28(33)20-35-25-14-15-26(30)22(3)16-25/h4-16,21,27H,17-20H2,1-3H3,(H,31,34). The second-order valence-electron chi connectivity index (χ2n) is 9.05. The van der Waals surface area contributed by atoms with Gasteiger partial charge in [0.15, 0.2) is 6.61 Å². The summed E-state index contributed by atoms with van der Waals surface area (Å²) >= 11 is 3.49. The number of hydrogen-bond acceptors (Lipinski definition) is 3. The first-order valence-corrected chi connectivity index (χ1v) is 12.7. The van der Waals surface area contributed by atoms with E-state index in [4.69, 9.17) is 4.74 Å². The first-order valence-electron chi connectivity index (χ1n) is 11.9. The van der Waals surface area contributed by atoms with E-state index in [-0.39, 0.29) is 18.4 Å². The van der Waals surface area contributed by atoms with E-state index in [9.17, 15) is 9.59 Å². The molecule has 0 saturated carbocycles. The third-order valence-corrected chi connectivity index (χ3v) is 6.53. The predicted molar refractivity (Wildman–Crippen MR) is 143 cm³/mol. The number of carbonyl (C=O) groups is 2. The van der Waals surface area contributed by atoms with Crippen LogP contribution in [0.5, 0.6) is 5.75 Å². The van der Waals surface area contributed by atoms with Gasteiger partial charge in [0.25, 0.3) is 5.91 Å². The van der Waals surface area contributed by atoms with Gasteiger partial charge in [-0.2, -0.15) is 0 Å². The Balaban J connectivity index is 1.87. The molecule has 3 aromatic rings. The predicted octanol–water partition coefficient (Wildman–Crippen LogP) is 5.55. The Morgan fingerprint density at radius 2 is 1.57 bits per heavy atom. The minimum atomic E-state index is -0.667. The summed E-state index contributed by atoms with van der Waals surface area (Å²) in [5.41, 5.74) is 2.97. The highest BCUT2D eigenvalue weighted by atomic mass is 79.9. The van der Waals surface area contributed by atoms with Crippen LogP contribution >= 0.6 is 15.9 Å². The molecule has 0 aliphatic rings. The van der Waals surface area contributed by atoms with Crippen LogP contribution in [0, 0.1) is 12.8 Å². The maximum atomic E-state index is 13.6. The van der Waals surface area contributed by atoms with Gasteiger partial charge in [-0.1, -0.05) is 90.4 Å². The van der Waals surface area contributed by atoms with Crippen LogP contribution in [0.2, 0.25) is 0 Å². The maximum Gasteiger partial charge on any atom is 0.261 e. The van der Waals surface area contributed by atoms with E-state index in [1.165, 1.54) is 0 Å². The smallest absolute Gasteiger partial charge is 0.261 e. The van der Waals surface area contributed by atoms with Crippen LogP contribution in [0.25, 0.3) is 0 Å². The Kier molecular flexibility index (Phi) is 9.91. The maximum absolute atomic E-state index is 13.6. The fourth-order valence-electron chi connectivity index (χ4n) is 3.69. The molecule has 1 atom stereocenters.